The number of rotatable bonds is 4. The van der Waals surface area contributed by atoms with Crippen LogP contribution in [0.3, 0.4) is 0 Å². The van der Waals surface area contributed by atoms with Crippen molar-refractivity contribution in [2.45, 2.75) is 25.0 Å². The molecule has 2 heterocycles. The molecule has 6 heteroatoms. The molecule has 1 atom stereocenters. The molecule has 0 aromatic carbocycles. The lowest BCUT2D eigenvalue weighted by atomic mass is 9.93. The van der Waals surface area contributed by atoms with E-state index >= 15 is 0 Å². The number of nitrogens with zero attached hydrogens (tertiary/aromatic N) is 3. The van der Waals surface area contributed by atoms with Crippen molar-refractivity contribution in [2.24, 2.45) is 0 Å². The van der Waals surface area contributed by atoms with Gasteiger partial charge in [-0.1, -0.05) is 0 Å². The highest BCUT2D eigenvalue weighted by atomic mass is 79.9. The number of likely N-dealkylation sites (N-methyl/N-ethyl adjacent to an activating group) is 1. The number of hydrogen-bond acceptors (Lipinski definition) is 4. The molecule has 5 nitrogen and oxygen atoms in total. The van der Waals surface area contributed by atoms with Crippen molar-refractivity contribution < 1.29 is 9.84 Å². The summed E-state index contributed by atoms with van der Waals surface area (Å²) >= 11 is 3.48. The quantitative estimate of drug-likeness (QED) is 0.906. The predicted molar refractivity (Wildman–Crippen MR) is 72.4 cm³/mol. The number of aromatic nitrogens is 2. The van der Waals surface area contributed by atoms with Gasteiger partial charge >= 0.3 is 0 Å². The minimum absolute atomic E-state index is 0.346. The lowest BCUT2D eigenvalue weighted by Gasteiger charge is -2.33. The SMILES string of the molecule is CN(C)CCn1ncc(Br)c1C1(O)CCCOC1. The van der Waals surface area contributed by atoms with Crippen LogP contribution < -0.4 is 0 Å². The Bertz CT molecular complexity index is 400. The zero-order valence-electron chi connectivity index (χ0n) is 10.9. The van der Waals surface area contributed by atoms with E-state index in [-0.39, 0.29) is 0 Å². The van der Waals surface area contributed by atoms with Crippen LogP contribution in [0, 0.1) is 0 Å². The van der Waals surface area contributed by atoms with Crippen LogP contribution in [0.5, 0.6) is 0 Å². The van der Waals surface area contributed by atoms with Crippen LogP contribution in [0.1, 0.15) is 18.5 Å². The van der Waals surface area contributed by atoms with E-state index in [1.807, 2.05) is 18.8 Å². The molecule has 1 aliphatic heterocycles. The van der Waals surface area contributed by atoms with Crippen molar-refractivity contribution in [3.05, 3.63) is 16.4 Å². The van der Waals surface area contributed by atoms with Crippen LogP contribution in [0.4, 0.5) is 0 Å². The second-order valence-electron chi connectivity index (χ2n) is 5.06. The third-order valence-electron chi connectivity index (χ3n) is 3.21. The molecule has 0 amide bonds. The van der Waals surface area contributed by atoms with Gasteiger partial charge in [-0.2, -0.15) is 5.10 Å². The minimum Gasteiger partial charge on any atom is -0.381 e. The van der Waals surface area contributed by atoms with E-state index in [0.717, 1.165) is 42.7 Å². The minimum atomic E-state index is -0.917. The van der Waals surface area contributed by atoms with Crippen LogP contribution in [-0.4, -0.2) is 53.6 Å². The van der Waals surface area contributed by atoms with Gasteiger partial charge in [-0.25, -0.2) is 0 Å². The van der Waals surface area contributed by atoms with E-state index in [0.29, 0.717) is 6.61 Å². The van der Waals surface area contributed by atoms with Gasteiger partial charge in [-0.3, -0.25) is 4.68 Å². The molecule has 0 spiro atoms. The molecule has 0 bridgehead atoms. The molecule has 1 saturated heterocycles. The van der Waals surface area contributed by atoms with Crippen molar-refractivity contribution in [1.82, 2.24) is 14.7 Å². The van der Waals surface area contributed by atoms with Gasteiger partial charge in [0.1, 0.15) is 5.60 Å². The van der Waals surface area contributed by atoms with Gasteiger partial charge in [0.25, 0.3) is 0 Å². The first kappa shape index (κ1) is 14.0. The number of hydrogen-bond donors (Lipinski definition) is 1. The van der Waals surface area contributed by atoms with Crippen molar-refractivity contribution in [2.75, 3.05) is 33.9 Å². The maximum absolute atomic E-state index is 10.7. The van der Waals surface area contributed by atoms with Crippen LogP contribution >= 0.6 is 15.9 Å². The van der Waals surface area contributed by atoms with Crippen LogP contribution in [0.15, 0.2) is 10.7 Å². The third kappa shape index (κ3) is 2.93. The molecule has 0 saturated carbocycles. The van der Waals surface area contributed by atoms with Crippen molar-refractivity contribution in [1.29, 1.82) is 0 Å². The maximum Gasteiger partial charge on any atom is 0.131 e. The molecule has 1 unspecified atom stereocenters. The second kappa shape index (κ2) is 5.69. The van der Waals surface area contributed by atoms with Gasteiger partial charge in [0.05, 0.1) is 29.5 Å². The molecule has 2 rings (SSSR count). The Kier molecular flexibility index (Phi) is 4.42. The summed E-state index contributed by atoms with van der Waals surface area (Å²) in [7, 11) is 4.05. The Morgan fingerprint density at radius 1 is 1.61 bits per heavy atom. The Morgan fingerprint density at radius 3 is 3.00 bits per heavy atom. The lowest BCUT2D eigenvalue weighted by Crippen LogP contribution is -2.39. The Hall–Kier alpha value is -0.430. The summed E-state index contributed by atoms with van der Waals surface area (Å²) in [5.74, 6) is 0. The summed E-state index contributed by atoms with van der Waals surface area (Å²) in [6, 6.07) is 0. The lowest BCUT2D eigenvalue weighted by molar-refractivity contribution is -0.0956. The molecule has 1 aromatic heterocycles. The monoisotopic (exact) mass is 317 g/mol. The van der Waals surface area contributed by atoms with Gasteiger partial charge in [-0.15, -0.1) is 0 Å². The van der Waals surface area contributed by atoms with Gasteiger partial charge in [0.15, 0.2) is 0 Å². The summed E-state index contributed by atoms with van der Waals surface area (Å²) in [5, 5.41) is 15.1. The first-order chi connectivity index (χ1) is 8.53. The first-order valence-electron chi connectivity index (χ1n) is 6.19. The van der Waals surface area contributed by atoms with Gasteiger partial charge in [-0.05, 0) is 42.9 Å². The molecule has 1 aliphatic rings. The number of halogens is 1. The molecule has 102 valence electrons. The van der Waals surface area contributed by atoms with Crippen molar-refractivity contribution in [3.63, 3.8) is 0 Å². The normalized spacial score (nSPS) is 24.7. The molecule has 1 N–H and O–H groups in total. The standard InChI is InChI=1S/C12H20BrN3O2/c1-15(2)5-6-16-11(10(13)8-14-16)12(17)4-3-7-18-9-12/h8,17H,3-7,9H2,1-2H3. The average Bonchev–Trinajstić information content (AvgIpc) is 2.69. The summed E-state index contributed by atoms with van der Waals surface area (Å²) in [6.45, 7) is 2.72. The van der Waals surface area contributed by atoms with Crippen molar-refractivity contribution in [3.8, 4) is 0 Å². The summed E-state index contributed by atoms with van der Waals surface area (Å²) in [6.07, 6.45) is 3.35. The molecule has 1 fully saturated rings. The fourth-order valence-corrected chi connectivity index (χ4v) is 2.92. The maximum atomic E-state index is 10.7. The molecule has 0 aliphatic carbocycles. The fraction of sp³-hybridized carbons (Fsp3) is 0.750. The van der Waals surface area contributed by atoms with E-state index in [9.17, 15) is 5.11 Å². The molecular formula is C12H20BrN3O2. The Balaban J connectivity index is 2.22. The molecule has 1 aromatic rings. The molecule has 0 radical (unpaired) electrons. The second-order valence-corrected chi connectivity index (χ2v) is 5.91. The zero-order chi connectivity index (χ0) is 13.2. The first-order valence-corrected chi connectivity index (χ1v) is 6.99. The summed E-state index contributed by atoms with van der Waals surface area (Å²) in [5.41, 5.74) is -0.0797. The van der Waals surface area contributed by atoms with Gasteiger partial charge in [0, 0.05) is 13.2 Å². The molecular weight excluding hydrogens is 298 g/mol. The van der Waals surface area contributed by atoms with E-state index in [1.54, 1.807) is 6.20 Å². The van der Waals surface area contributed by atoms with E-state index in [1.165, 1.54) is 0 Å². The molecule has 18 heavy (non-hydrogen) atoms. The zero-order valence-corrected chi connectivity index (χ0v) is 12.5. The number of ether oxygens (including phenoxy) is 1. The van der Waals surface area contributed by atoms with Gasteiger partial charge in [0.2, 0.25) is 0 Å². The highest BCUT2D eigenvalue weighted by molar-refractivity contribution is 9.10. The highest BCUT2D eigenvalue weighted by Crippen LogP contribution is 2.34. The van der Waals surface area contributed by atoms with E-state index < -0.39 is 5.60 Å². The number of aliphatic hydroxyl groups is 1. The van der Waals surface area contributed by atoms with Crippen LogP contribution in [-0.2, 0) is 16.9 Å². The Morgan fingerprint density at radius 2 is 2.39 bits per heavy atom. The summed E-state index contributed by atoms with van der Waals surface area (Å²) < 4.78 is 8.15. The van der Waals surface area contributed by atoms with Crippen LogP contribution in [0.2, 0.25) is 0 Å². The van der Waals surface area contributed by atoms with Crippen molar-refractivity contribution >= 4 is 15.9 Å². The third-order valence-corrected chi connectivity index (χ3v) is 3.79. The van der Waals surface area contributed by atoms with E-state index in [2.05, 4.69) is 25.9 Å². The predicted octanol–water partition coefficient (Wildman–Crippen LogP) is 1.21. The van der Waals surface area contributed by atoms with E-state index in [4.69, 9.17) is 4.74 Å². The smallest absolute Gasteiger partial charge is 0.131 e. The Labute approximate surface area is 116 Å². The summed E-state index contributed by atoms with van der Waals surface area (Å²) in [4.78, 5) is 2.10. The highest BCUT2D eigenvalue weighted by Gasteiger charge is 2.37. The van der Waals surface area contributed by atoms with Crippen LogP contribution in [0.25, 0.3) is 0 Å². The fourth-order valence-electron chi connectivity index (χ4n) is 2.26. The average molecular weight is 318 g/mol. The van der Waals surface area contributed by atoms with Gasteiger partial charge < -0.3 is 14.7 Å². The topological polar surface area (TPSA) is 50.5 Å². The largest absolute Gasteiger partial charge is 0.381 e.